The molecule has 0 aliphatic carbocycles. The Morgan fingerprint density at radius 2 is 1.50 bits per heavy atom. The zero-order chi connectivity index (χ0) is 32.0. The summed E-state index contributed by atoms with van der Waals surface area (Å²) in [5, 5.41) is 20.3. The largest absolute Gasteiger partial charge is 0.463 e. The molecule has 1 saturated heterocycles. The Morgan fingerprint density at radius 1 is 0.864 bits per heavy atom. The van der Waals surface area contributed by atoms with Crippen LogP contribution in [0.1, 0.15) is 27.7 Å². The molecule has 0 radical (unpaired) electrons. The summed E-state index contributed by atoms with van der Waals surface area (Å²) in [4.78, 5) is 59.0. The van der Waals surface area contributed by atoms with Crippen LogP contribution in [0, 0.1) is 10.1 Å². The fourth-order valence-electron chi connectivity index (χ4n) is 4.49. The van der Waals surface area contributed by atoms with Crippen molar-refractivity contribution in [2.75, 3.05) is 6.61 Å². The van der Waals surface area contributed by atoms with Crippen LogP contribution in [-0.2, 0) is 42.9 Å². The van der Waals surface area contributed by atoms with E-state index in [0.717, 1.165) is 32.5 Å². The van der Waals surface area contributed by atoms with E-state index in [1.165, 1.54) is 25.1 Å². The van der Waals surface area contributed by atoms with Crippen LogP contribution in [0.5, 0.6) is 0 Å². The summed E-state index contributed by atoms with van der Waals surface area (Å²) in [6.45, 7) is 4.20. The zero-order valence-electron chi connectivity index (χ0n) is 24.0. The molecule has 4 rings (SSSR count). The number of aromatic nitrogens is 3. The number of para-hydroxylation sites is 1. The zero-order valence-corrected chi connectivity index (χ0v) is 24.8. The van der Waals surface area contributed by atoms with E-state index in [1.54, 1.807) is 41.0 Å². The minimum Gasteiger partial charge on any atom is -0.463 e. The van der Waals surface area contributed by atoms with Crippen LogP contribution < -0.4 is 0 Å². The highest BCUT2D eigenvalue weighted by molar-refractivity contribution is 7.99. The number of esters is 4. The summed E-state index contributed by atoms with van der Waals surface area (Å²) in [5.74, 6) is -2.64. The van der Waals surface area contributed by atoms with Gasteiger partial charge in [0, 0.05) is 51.1 Å². The van der Waals surface area contributed by atoms with Gasteiger partial charge in [0.15, 0.2) is 34.7 Å². The molecule has 0 amide bonds. The average molecular weight is 629 g/mol. The van der Waals surface area contributed by atoms with Gasteiger partial charge in [-0.3, -0.25) is 33.9 Å². The summed E-state index contributed by atoms with van der Waals surface area (Å²) >= 11 is 0.936. The summed E-state index contributed by atoms with van der Waals surface area (Å²) in [5.41, 5.74) is -0.338. The fraction of sp³-hybridized carbons (Fsp3) is 0.357. The molecular formula is C28H28N4O11S. The van der Waals surface area contributed by atoms with Crippen LogP contribution in [-0.4, -0.2) is 80.0 Å². The lowest BCUT2D eigenvalue weighted by Crippen LogP contribution is -2.61. The highest BCUT2D eigenvalue weighted by atomic mass is 32.2. The molecule has 15 nitrogen and oxygen atoms in total. The Labute approximate surface area is 254 Å². The minimum absolute atomic E-state index is 0.154. The van der Waals surface area contributed by atoms with E-state index < -0.39 is 58.7 Å². The van der Waals surface area contributed by atoms with Crippen LogP contribution in [0.4, 0.5) is 5.69 Å². The van der Waals surface area contributed by atoms with Crippen molar-refractivity contribution < 1.29 is 47.8 Å². The number of nitro groups is 1. The van der Waals surface area contributed by atoms with Gasteiger partial charge in [0.1, 0.15) is 12.7 Å². The van der Waals surface area contributed by atoms with Crippen LogP contribution in [0.2, 0.25) is 0 Å². The van der Waals surface area contributed by atoms with Crippen molar-refractivity contribution >= 4 is 41.3 Å². The van der Waals surface area contributed by atoms with E-state index in [4.69, 9.17) is 23.7 Å². The predicted molar refractivity (Wildman–Crippen MR) is 151 cm³/mol. The molecule has 0 unspecified atom stereocenters. The van der Waals surface area contributed by atoms with Crippen molar-refractivity contribution in [1.82, 2.24) is 14.8 Å². The Hall–Kier alpha value is -4.83. The lowest BCUT2D eigenvalue weighted by Gasteiger charge is -2.43. The molecule has 1 aromatic heterocycles. The minimum atomic E-state index is -1.36. The average Bonchev–Trinajstić information content (AvgIpc) is 3.38. The van der Waals surface area contributed by atoms with Crippen molar-refractivity contribution in [3.63, 3.8) is 0 Å². The number of hydrogen-bond acceptors (Lipinski definition) is 14. The number of thioether (sulfide) groups is 1. The van der Waals surface area contributed by atoms with Gasteiger partial charge in [-0.2, -0.15) is 0 Å². The molecule has 44 heavy (non-hydrogen) atoms. The standard InChI is InChI=1S/C28H28N4O11S/c1-15(33)39-14-22-23(40-16(2)34)24(41-17(3)35)25(42-18(4)36)27(43-22)44-28-30-29-26(31(28)20-10-6-5-7-11-20)19-9-8-12-21(13-19)32(37)38/h5-13,22-25,27H,14H2,1-4H3/t22-,23+,24+,25-,27+/m1/s1. The van der Waals surface area contributed by atoms with Crippen molar-refractivity contribution in [2.24, 2.45) is 0 Å². The second kappa shape index (κ2) is 14.1. The molecule has 16 heteroatoms. The van der Waals surface area contributed by atoms with Crippen molar-refractivity contribution in [3.8, 4) is 17.1 Å². The lowest BCUT2D eigenvalue weighted by atomic mass is 9.99. The van der Waals surface area contributed by atoms with Gasteiger partial charge in [-0.1, -0.05) is 30.3 Å². The molecule has 0 N–H and O–H groups in total. The molecule has 1 aliphatic rings. The molecule has 0 spiro atoms. The number of ether oxygens (including phenoxy) is 5. The molecule has 1 fully saturated rings. The van der Waals surface area contributed by atoms with E-state index in [-0.39, 0.29) is 23.3 Å². The van der Waals surface area contributed by atoms with Crippen molar-refractivity contribution in [2.45, 2.75) is 62.7 Å². The van der Waals surface area contributed by atoms with E-state index in [9.17, 15) is 29.3 Å². The number of carbonyl (C=O) groups excluding carboxylic acids is 4. The SMILES string of the molecule is CC(=O)OC[C@H]1O[C@@H](Sc2nnc(-c3cccc([N+](=O)[O-])c3)n2-c2ccccc2)[C@H](OC(C)=O)[C@@H](OC(C)=O)[C@H]1OC(C)=O. The number of nitrogens with zero attached hydrogens (tertiary/aromatic N) is 4. The van der Waals surface area contributed by atoms with Crippen molar-refractivity contribution in [1.29, 1.82) is 0 Å². The van der Waals surface area contributed by atoms with E-state index in [2.05, 4.69) is 10.2 Å². The molecule has 3 aromatic rings. The Kier molecular flexibility index (Phi) is 10.3. The normalized spacial score (nSPS) is 21.1. The van der Waals surface area contributed by atoms with Crippen molar-refractivity contribution in [3.05, 3.63) is 64.7 Å². The number of rotatable bonds is 10. The third-order valence-corrected chi connectivity index (χ3v) is 7.22. The molecule has 0 saturated carbocycles. The van der Waals surface area contributed by atoms with Crippen LogP contribution in [0.15, 0.2) is 59.8 Å². The van der Waals surface area contributed by atoms with Gasteiger partial charge >= 0.3 is 23.9 Å². The number of benzene rings is 2. The van der Waals surface area contributed by atoms with E-state index in [1.807, 2.05) is 0 Å². The second-order valence-corrected chi connectivity index (χ2v) is 10.5. The lowest BCUT2D eigenvalue weighted by molar-refractivity contribution is -0.384. The molecule has 2 heterocycles. The van der Waals surface area contributed by atoms with Gasteiger partial charge in [0.05, 0.1) is 4.92 Å². The third kappa shape index (κ3) is 7.76. The monoisotopic (exact) mass is 628 g/mol. The Morgan fingerprint density at radius 3 is 2.11 bits per heavy atom. The van der Waals surface area contributed by atoms with Crippen LogP contribution >= 0.6 is 11.8 Å². The maximum Gasteiger partial charge on any atom is 0.303 e. The van der Waals surface area contributed by atoms with Gasteiger partial charge in [-0.25, -0.2) is 0 Å². The number of nitro benzene ring substituents is 1. The van der Waals surface area contributed by atoms with E-state index in [0.29, 0.717) is 11.3 Å². The molecule has 0 bridgehead atoms. The first kappa shape index (κ1) is 32.1. The van der Waals surface area contributed by atoms with Gasteiger partial charge in [-0.15, -0.1) is 10.2 Å². The topological polar surface area (TPSA) is 188 Å². The third-order valence-electron chi connectivity index (χ3n) is 6.13. The quantitative estimate of drug-likeness (QED) is 0.138. The summed E-state index contributed by atoms with van der Waals surface area (Å²) in [6, 6.07) is 14.7. The van der Waals surface area contributed by atoms with Crippen LogP contribution in [0.3, 0.4) is 0 Å². The highest BCUT2D eigenvalue weighted by Crippen LogP contribution is 2.39. The first-order chi connectivity index (χ1) is 20.9. The summed E-state index contributed by atoms with van der Waals surface area (Å²) in [6.07, 6.45) is -5.16. The molecule has 1 aliphatic heterocycles. The summed E-state index contributed by atoms with van der Waals surface area (Å²) < 4.78 is 29.5. The second-order valence-electron chi connectivity index (χ2n) is 9.47. The Balaban J connectivity index is 1.82. The Bertz CT molecular complexity index is 1550. The van der Waals surface area contributed by atoms with E-state index >= 15 is 0 Å². The molecule has 5 atom stereocenters. The van der Waals surface area contributed by atoms with Gasteiger partial charge in [0.2, 0.25) is 0 Å². The van der Waals surface area contributed by atoms with Gasteiger partial charge in [0.25, 0.3) is 5.69 Å². The maximum absolute atomic E-state index is 12.2. The van der Waals surface area contributed by atoms with Gasteiger partial charge in [-0.05, 0) is 23.9 Å². The van der Waals surface area contributed by atoms with Crippen LogP contribution in [0.25, 0.3) is 17.1 Å². The molecular weight excluding hydrogens is 600 g/mol. The molecule has 2 aromatic carbocycles. The number of hydrogen-bond donors (Lipinski definition) is 0. The first-order valence-corrected chi connectivity index (χ1v) is 14.1. The van der Waals surface area contributed by atoms with Gasteiger partial charge < -0.3 is 23.7 Å². The number of non-ortho nitro benzene ring substituents is 1. The summed E-state index contributed by atoms with van der Waals surface area (Å²) in [7, 11) is 0. The molecule has 232 valence electrons. The smallest absolute Gasteiger partial charge is 0.303 e. The maximum atomic E-state index is 12.2. The fourth-order valence-corrected chi connectivity index (χ4v) is 5.62. The predicted octanol–water partition coefficient (Wildman–Crippen LogP) is 3.02. The first-order valence-electron chi connectivity index (χ1n) is 13.2. The number of carbonyl (C=O) groups is 4. The highest BCUT2D eigenvalue weighted by Gasteiger charge is 2.53.